The maximum Gasteiger partial charge on any atom is 0.290 e. The second-order valence-electron chi connectivity index (χ2n) is 8.42. The molecule has 8 nitrogen and oxygen atoms in total. The highest BCUT2D eigenvalue weighted by atomic mass is 16.5. The molecule has 1 N–H and O–H groups in total. The molecule has 178 valence electrons. The third kappa shape index (κ3) is 4.57. The Morgan fingerprint density at radius 1 is 1.12 bits per heavy atom. The van der Waals surface area contributed by atoms with E-state index in [-0.39, 0.29) is 17.9 Å². The lowest BCUT2D eigenvalue weighted by molar-refractivity contribution is -0.130. The van der Waals surface area contributed by atoms with Gasteiger partial charge in [0.2, 0.25) is 5.78 Å². The van der Waals surface area contributed by atoms with E-state index in [2.05, 4.69) is 13.8 Å². The molecular formula is C26H27NO7. The molecule has 8 heteroatoms. The predicted octanol–water partition coefficient (Wildman–Crippen LogP) is 5.08. The van der Waals surface area contributed by atoms with Gasteiger partial charge in [-0.05, 0) is 54.3 Å². The van der Waals surface area contributed by atoms with Gasteiger partial charge in [0.05, 0.1) is 44.4 Å². The minimum Gasteiger partial charge on any atom is -0.503 e. The first-order valence-corrected chi connectivity index (χ1v) is 11.1. The summed E-state index contributed by atoms with van der Waals surface area (Å²) in [5.74, 6) is 0.191. The highest BCUT2D eigenvalue weighted by Crippen LogP contribution is 2.42. The van der Waals surface area contributed by atoms with E-state index in [1.807, 2.05) is 0 Å². The molecule has 0 radical (unpaired) electrons. The summed E-state index contributed by atoms with van der Waals surface area (Å²) >= 11 is 0. The van der Waals surface area contributed by atoms with Crippen LogP contribution in [0.25, 0.3) is 0 Å². The van der Waals surface area contributed by atoms with Crippen molar-refractivity contribution in [2.24, 2.45) is 5.92 Å². The lowest BCUT2D eigenvalue weighted by atomic mass is 9.94. The summed E-state index contributed by atoms with van der Waals surface area (Å²) in [5, 5.41) is 10.7. The van der Waals surface area contributed by atoms with Gasteiger partial charge >= 0.3 is 0 Å². The van der Waals surface area contributed by atoms with Gasteiger partial charge in [-0.2, -0.15) is 0 Å². The van der Waals surface area contributed by atoms with Gasteiger partial charge in [-0.25, -0.2) is 0 Å². The van der Waals surface area contributed by atoms with Crippen LogP contribution in [0.3, 0.4) is 0 Å². The van der Waals surface area contributed by atoms with E-state index in [1.165, 1.54) is 30.6 Å². The molecule has 3 heterocycles. The molecule has 3 aromatic rings. The molecule has 1 atom stereocenters. The number of aliphatic hydroxyl groups is 1. The molecular weight excluding hydrogens is 438 g/mol. The minimum atomic E-state index is -0.881. The summed E-state index contributed by atoms with van der Waals surface area (Å²) in [4.78, 5) is 27.7. The largest absolute Gasteiger partial charge is 0.503 e. The Morgan fingerprint density at radius 2 is 1.88 bits per heavy atom. The average molecular weight is 466 g/mol. The highest BCUT2D eigenvalue weighted by Gasteiger charge is 2.45. The number of benzene rings is 1. The van der Waals surface area contributed by atoms with Gasteiger partial charge in [-0.15, -0.1) is 0 Å². The fourth-order valence-electron chi connectivity index (χ4n) is 3.88. The Balaban J connectivity index is 1.73. The van der Waals surface area contributed by atoms with E-state index >= 15 is 0 Å². The van der Waals surface area contributed by atoms with Crippen LogP contribution in [-0.2, 0) is 11.3 Å². The van der Waals surface area contributed by atoms with Gasteiger partial charge < -0.3 is 28.3 Å². The number of aliphatic hydroxyl groups excluding tert-OH is 1. The third-order valence-corrected chi connectivity index (χ3v) is 5.66. The van der Waals surface area contributed by atoms with Crippen molar-refractivity contribution in [3.63, 3.8) is 0 Å². The first-order chi connectivity index (χ1) is 16.4. The smallest absolute Gasteiger partial charge is 0.290 e. The molecule has 0 bridgehead atoms. The molecule has 34 heavy (non-hydrogen) atoms. The van der Waals surface area contributed by atoms with E-state index in [0.717, 1.165) is 6.42 Å². The number of amides is 1. The van der Waals surface area contributed by atoms with Crippen LogP contribution in [0.1, 0.15) is 48.2 Å². The highest BCUT2D eigenvalue weighted by molar-refractivity contribution is 6.15. The number of ether oxygens (including phenoxy) is 2. The molecule has 1 unspecified atom stereocenters. The molecule has 1 amide bonds. The first kappa shape index (κ1) is 23.2. The Hall–Kier alpha value is -3.94. The number of hydrogen-bond donors (Lipinski definition) is 1. The summed E-state index contributed by atoms with van der Waals surface area (Å²) in [5.41, 5.74) is 0.508. The van der Waals surface area contributed by atoms with Crippen molar-refractivity contribution >= 4 is 11.7 Å². The minimum absolute atomic E-state index is 0.0276. The Kier molecular flexibility index (Phi) is 6.77. The number of methoxy groups -OCH3 is 1. The number of nitrogens with zero attached hydrogens (tertiary/aromatic N) is 1. The Labute approximate surface area is 197 Å². The summed E-state index contributed by atoms with van der Waals surface area (Å²) in [6, 6.07) is 10.8. The van der Waals surface area contributed by atoms with Crippen molar-refractivity contribution in [3.05, 3.63) is 83.4 Å². The van der Waals surface area contributed by atoms with Crippen molar-refractivity contribution in [2.45, 2.75) is 32.9 Å². The van der Waals surface area contributed by atoms with E-state index < -0.39 is 23.5 Å². The molecule has 1 aromatic carbocycles. The quantitative estimate of drug-likeness (QED) is 0.416. The predicted molar refractivity (Wildman–Crippen MR) is 123 cm³/mol. The van der Waals surface area contributed by atoms with Crippen LogP contribution in [0, 0.1) is 5.92 Å². The number of hydrogen-bond acceptors (Lipinski definition) is 7. The van der Waals surface area contributed by atoms with Crippen LogP contribution in [-0.4, -0.2) is 35.4 Å². The van der Waals surface area contributed by atoms with E-state index in [0.29, 0.717) is 35.3 Å². The van der Waals surface area contributed by atoms with Gasteiger partial charge in [-0.1, -0.05) is 19.9 Å². The Bertz CT molecular complexity index is 1180. The fourth-order valence-corrected chi connectivity index (χ4v) is 3.88. The van der Waals surface area contributed by atoms with Crippen LogP contribution in [0.4, 0.5) is 0 Å². The fraction of sp³-hybridized carbons (Fsp3) is 0.308. The first-order valence-electron chi connectivity index (χ1n) is 11.1. The van der Waals surface area contributed by atoms with Crippen LogP contribution < -0.4 is 9.47 Å². The molecule has 0 saturated heterocycles. The number of rotatable bonds is 10. The van der Waals surface area contributed by atoms with Crippen molar-refractivity contribution < 1.29 is 33.0 Å². The van der Waals surface area contributed by atoms with Crippen LogP contribution in [0.5, 0.6) is 11.5 Å². The van der Waals surface area contributed by atoms with Crippen LogP contribution >= 0.6 is 0 Å². The van der Waals surface area contributed by atoms with Gasteiger partial charge in [0.15, 0.2) is 23.0 Å². The second-order valence-corrected chi connectivity index (χ2v) is 8.42. The lowest BCUT2D eigenvalue weighted by Crippen LogP contribution is -2.30. The van der Waals surface area contributed by atoms with Crippen molar-refractivity contribution in [1.29, 1.82) is 0 Å². The van der Waals surface area contributed by atoms with Gasteiger partial charge in [0, 0.05) is 0 Å². The van der Waals surface area contributed by atoms with Gasteiger partial charge in [-0.3, -0.25) is 9.59 Å². The molecule has 0 spiro atoms. The molecule has 2 aromatic heterocycles. The van der Waals surface area contributed by atoms with Gasteiger partial charge in [0.1, 0.15) is 5.76 Å². The lowest BCUT2D eigenvalue weighted by Gasteiger charge is -2.26. The van der Waals surface area contributed by atoms with Gasteiger partial charge in [0.25, 0.3) is 5.91 Å². The number of carbonyl (C=O) groups excluding carboxylic acids is 2. The molecule has 1 aliphatic heterocycles. The van der Waals surface area contributed by atoms with Crippen molar-refractivity contribution in [3.8, 4) is 11.5 Å². The zero-order chi connectivity index (χ0) is 24.2. The average Bonchev–Trinajstić information content (AvgIpc) is 3.58. The SMILES string of the molecule is COc1cc(C2C(C(=O)c3ccco3)=C(O)C(=O)N2Cc2ccco2)ccc1OCCC(C)C. The standard InChI is InChI=1S/C26H27NO7/c1-16(2)10-13-34-19-9-8-17(14-21(19)31-3)23-22(24(28)20-7-5-12-33-20)25(29)26(30)27(23)15-18-6-4-11-32-18/h4-9,11-12,14,16,23,29H,10,13,15H2,1-3H3. The zero-order valence-corrected chi connectivity index (χ0v) is 19.3. The summed E-state index contributed by atoms with van der Waals surface area (Å²) in [6.07, 6.45) is 3.75. The summed E-state index contributed by atoms with van der Waals surface area (Å²) < 4.78 is 22.1. The summed E-state index contributed by atoms with van der Waals surface area (Å²) in [7, 11) is 1.52. The van der Waals surface area contributed by atoms with E-state index in [9.17, 15) is 14.7 Å². The Morgan fingerprint density at radius 3 is 2.53 bits per heavy atom. The van der Waals surface area contributed by atoms with E-state index in [4.69, 9.17) is 18.3 Å². The zero-order valence-electron chi connectivity index (χ0n) is 19.3. The normalized spacial score (nSPS) is 15.9. The summed E-state index contributed by atoms with van der Waals surface area (Å²) in [6.45, 7) is 4.82. The molecule has 0 fully saturated rings. The molecule has 1 aliphatic rings. The number of ketones is 1. The molecule has 0 saturated carbocycles. The number of furan rings is 2. The number of carbonyl (C=O) groups is 2. The van der Waals surface area contributed by atoms with Crippen LogP contribution in [0.2, 0.25) is 0 Å². The monoisotopic (exact) mass is 465 g/mol. The molecule has 0 aliphatic carbocycles. The molecule has 4 rings (SSSR count). The number of Topliss-reactive ketones (excluding diaryl/α,β-unsaturated/α-hetero) is 1. The maximum absolute atomic E-state index is 13.3. The van der Waals surface area contributed by atoms with Crippen molar-refractivity contribution in [2.75, 3.05) is 13.7 Å². The van der Waals surface area contributed by atoms with E-state index in [1.54, 1.807) is 36.4 Å². The second kappa shape index (κ2) is 9.91. The third-order valence-electron chi connectivity index (χ3n) is 5.66. The van der Waals surface area contributed by atoms with Crippen molar-refractivity contribution in [1.82, 2.24) is 4.90 Å². The topological polar surface area (TPSA) is 102 Å². The van der Waals surface area contributed by atoms with Crippen LogP contribution in [0.15, 0.2) is 75.2 Å². The maximum atomic E-state index is 13.3.